The number of rotatable bonds is 6. The van der Waals surface area contributed by atoms with E-state index >= 15 is 0 Å². The highest BCUT2D eigenvalue weighted by atomic mass is 16.5. The second-order valence-corrected chi connectivity index (χ2v) is 6.73. The second-order valence-electron chi connectivity index (χ2n) is 6.73. The molecule has 31 heavy (non-hydrogen) atoms. The van der Waals surface area contributed by atoms with Crippen LogP contribution in [0.15, 0.2) is 60.0 Å². The number of nitrogens with one attached hydrogen (secondary N) is 1. The van der Waals surface area contributed by atoms with E-state index in [1.165, 1.54) is 25.2 Å². The summed E-state index contributed by atoms with van der Waals surface area (Å²) in [5, 5.41) is 2.91. The Balaban J connectivity index is 1.96. The number of hydrogen-bond donors (Lipinski definition) is 1. The molecule has 1 aromatic rings. The van der Waals surface area contributed by atoms with Gasteiger partial charge in [0.1, 0.15) is 5.70 Å². The van der Waals surface area contributed by atoms with Crippen LogP contribution in [0.4, 0.5) is 5.69 Å². The predicted molar refractivity (Wildman–Crippen MR) is 113 cm³/mol. The summed E-state index contributed by atoms with van der Waals surface area (Å²) in [6.45, 7) is 3.10. The van der Waals surface area contributed by atoms with E-state index in [0.717, 1.165) is 13.1 Å². The van der Waals surface area contributed by atoms with E-state index in [1.54, 1.807) is 42.6 Å². The topological polar surface area (TPSA) is 97.4 Å². The first-order valence-corrected chi connectivity index (χ1v) is 9.79. The molecule has 9 nitrogen and oxygen atoms in total. The van der Waals surface area contributed by atoms with Gasteiger partial charge in [-0.2, -0.15) is 0 Å². The van der Waals surface area contributed by atoms with E-state index in [9.17, 15) is 14.4 Å². The summed E-state index contributed by atoms with van der Waals surface area (Å²) in [5.41, 5.74) is 0.729. The summed E-state index contributed by atoms with van der Waals surface area (Å²) >= 11 is 0. The standard InChI is InChI=1S/C22H25N3O6/c1-29-21(27)17-8-5-6-10-25(19(17)22(28)30-2)18-9-4-3-7-16(18)20(26)23-15-24-11-13-31-14-12-24/h3-10H,11-15H2,1-2H3,(H,23,26). The van der Waals surface area contributed by atoms with Gasteiger partial charge in [-0.25, -0.2) is 9.59 Å². The third-order valence-electron chi connectivity index (χ3n) is 4.86. The molecule has 0 radical (unpaired) electrons. The average molecular weight is 427 g/mol. The average Bonchev–Trinajstić information content (AvgIpc) is 3.05. The molecule has 0 spiro atoms. The molecule has 0 saturated carbocycles. The Hall–Kier alpha value is -3.43. The molecule has 0 aromatic heterocycles. The third kappa shape index (κ3) is 5.19. The molecule has 0 aliphatic carbocycles. The van der Waals surface area contributed by atoms with Crippen LogP contribution in [0.2, 0.25) is 0 Å². The SMILES string of the molecule is COC(=O)C1=C(C(=O)OC)N(c2ccccc2C(=O)NCN2CCOCC2)C=CC=C1. The van der Waals surface area contributed by atoms with Crippen LogP contribution in [0.1, 0.15) is 10.4 Å². The van der Waals surface area contributed by atoms with Crippen LogP contribution in [0, 0.1) is 0 Å². The van der Waals surface area contributed by atoms with Gasteiger partial charge in [0.15, 0.2) is 0 Å². The minimum atomic E-state index is -0.736. The van der Waals surface area contributed by atoms with Crippen LogP contribution in [0.5, 0.6) is 0 Å². The molecule has 1 fully saturated rings. The summed E-state index contributed by atoms with van der Waals surface area (Å²) in [7, 11) is 2.45. The van der Waals surface area contributed by atoms with Crippen LogP contribution in [-0.2, 0) is 23.8 Å². The van der Waals surface area contributed by atoms with Gasteiger partial charge in [-0.3, -0.25) is 9.69 Å². The number of carbonyl (C=O) groups excluding carboxylic acids is 3. The quantitative estimate of drug-likeness (QED) is 0.677. The second kappa shape index (κ2) is 10.6. The fourth-order valence-corrected chi connectivity index (χ4v) is 3.27. The molecule has 2 aliphatic heterocycles. The summed E-state index contributed by atoms with van der Waals surface area (Å²) < 4.78 is 15.1. The lowest BCUT2D eigenvalue weighted by Crippen LogP contribution is -2.44. The van der Waals surface area contributed by atoms with Gasteiger partial charge in [-0.05, 0) is 24.3 Å². The number of methoxy groups -OCH3 is 2. The van der Waals surface area contributed by atoms with Crippen molar-refractivity contribution >= 4 is 23.5 Å². The molecule has 2 heterocycles. The molecule has 1 amide bonds. The summed E-state index contributed by atoms with van der Waals surface area (Å²) in [6.07, 6.45) is 6.32. The number of esters is 2. The van der Waals surface area contributed by atoms with Crippen molar-refractivity contribution in [2.24, 2.45) is 0 Å². The Kier molecular flexibility index (Phi) is 7.58. The summed E-state index contributed by atoms with van der Waals surface area (Å²) in [6, 6.07) is 6.82. The molecular weight excluding hydrogens is 402 g/mol. The van der Waals surface area contributed by atoms with Gasteiger partial charge in [0.2, 0.25) is 0 Å². The van der Waals surface area contributed by atoms with Gasteiger partial charge >= 0.3 is 11.9 Å². The van der Waals surface area contributed by atoms with E-state index in [2.05, 4.69) is 10.2 Å². The highest BCUT2D eigenvalue weighted by molar-refractivity contribution is 6.07. The van der Waals surface area contributed by atoms with Crippen molar-refractivity contribution in [3.63, 3.8) is 0 Å². The maximum atomic E-state index is 13.0. The maximum Gasteiger partial charge on any atom is 0.355 e. The first-order valence-electron chi connectivity index (χ1n) is 9.79. The van der Waals surface area contributed by atoms with Gasteiger partial charge in [-0.1, -0.05) is 18.2 Å². The molecule has 1 aromatic carbocycles. The Morgan fingerprint density at radius 1 is 1.03 bits per heavy atom. The number of carbonyl (C=O) groups is 3. The fraction of sp³-hybridized carbons (Fsp3) is 0.318. The Morgan fingerprint density at radius 2 is 1.74 bits per heavy atom. The molecule has 1 N–H and O–H groups in total. The lowest BCUT2D eigenvalue weighted by atomic mass is 10.1. The zero-order chi connectivity index (χ0) is 22.2. The largest absolute Gasteiger partial charge is 0.465 e. The van der Waals surface area contributed by atoms with Crippen LogP contribution in [-0.4, -0.2) is 69.9 Å². The Labute approximate surface area is 180 Å². The normalized spacial score (nSPS) is 16.6. The zero-order valence-corrected chi connectivity index (χ0v) is 17.5. The predicted octanol–water partition coefficient (Wildman–Crippen LogP) is 1.20. The molecule has 0 atom stereocenters. The Bertz CT molecular complexity index is 931. The van der Waals surface area contributed by atoms with Gasteiger partial charge in [-0.15, -0.1) is 0 Å². The van der Waals surface area contributed by atoms with Crippen molar-refractivity contribution < 1.29 is 28.6 Å². The van der Waals surface area contributed by atoms with Crippen LogP contribution in [0.3, 0.4) is 0 Å². The number of para-hydroxylation sites is 1. The number of nitrogens with zero attached hydrogens (tertiary/aromatic N) is 2. The van der Waals surface area contributed by atoms with Gasteiger partial charge < -0.3 is 24.4 Å². The van der Waals surface area contributed by atoms with E-state index in [-0.39, 0.29) is 17.2 Å². The van der Waals surface area contributed by atoms with Crippen molar-refractivity contribution in [2.45, 2.75) is 0 Å². The molecule has 0 bridgehead atoms. The minimum Gasteiger partial charge on any atom is -0.465 e. The van der Waals surface area contributed by atoms with Crippen LogP contribution in [0.25, 0.3) is 0 Å². The van der Waals surface area contributed by atoms with Crippen molar-refractivity contribution in [3.05, 3.63) is 65.5 Å². The number of amides is 1. The molecule has 164 valence electrons. The fourth-order valence-electron chi connectivity index (χ4n) is 3.27. The molecule has 3 rings (SSSR count). The molecular formula is C22H25N3O6. The van der Waals surface area contributed by atoms with Crippen molar-refractivity contribution in [1.82, 2.24) is 10.2 Å². The van der Waals surface area contributed by atoms with Crippen molar-refractivity contribution in [1.29, 1.82) is 0 Å². The van der Waals surface area contributed by atoms with Crippen molar-refractivity contribution in [2.75, 3.05) is 52.1 Å². The monoisotopic (exact) mass is 427 g/mol. The summed E-state index contributed by atoms with van der Waals surface area (Å²) in [5.74, 6) is -1.74. The van der Waals surface area contributed by atoms with Gasteiger partial charge in [0.25, 0.3) is 5.91 Å². The first-order chi connectivity index (χ1) is 15.1. The van der Waals surface area contributed by atoms with Gasteiger partial charge in [0, 0.05) is 19.3 Å². The van der Waals surface area contributed by atoms with E-state index < -0.39 is 11.9 Å². The van der Waals surface area contributed by atoms with Crippen LogP contribution < -0.4 is 10.2 Å². The Morgan fingerprint density at radius 3 is 2.45 bits per heavy atom. The molecule has 9 heteroatoms. The number of ether oxygens (including phenoxy) is 3. The van der Waals surface area contributed by atoms with E-state index in [0.29, 0.717) is 31.1 Å². The number of benzene rings is 1. The maximum absolute atomic E-state index is 13.0. The number of hydrogen-bond acceptors (Lipinski definition) is 8. The minimum absolute atomic E-state index is 0.0166. The smallest absolute Gasteiger partial charge is 0.355 e. The van der Waals surface area contributed by atoms with Crippen LogP contribution >= 0.6 is 0 Å². The number of morpholine rings is 1. The van der Waals surface area contributed by atoms with Crippen molar-refractivity contribution in [3.8, 4) is 0 Å². The van der Waals surface area contributed by atoms with E-state index in [1.807, 2.05) is 0 Å². The number of anilines is 1. The van der Waals surface area contributed by atoms with Gasteiger partial charge in [0.05, 0.1) is 50.9 Å². The lowest BCUT2D eigenvalue weighted by Gasteiger charge is -2.27. The zero-order valence-electron chi connectivity index (χ0n) is 17.5. The highest BCUT2D eigenvalue weighted by Gasteiger charge is 2.29. The molecule has 2 aliphatic rings. The van der Waals surface area contributed by atoms with E-state index in [4.69, 9.17) is 14.2 Å². The molecule has 1 saturated heterocycles. The first kappa shape index (κ1) is 22.3. The molecule has 0 unspecified atom stereocenters. The third-order valence-corrected chi connectivity index (χ3v) is 4.86. The number of allylic oxidation sites excluding steroid dienone is 2. The highest BCUT2D eigenvalue weighted by Crippen LogP contribution is 2.29. The summed E-state index contributed by atoms with van der Waals surface area (Å²) in [4.78, 5) is 41.5. The lowest BCUT2D eigenvalue weighted by molar-refractivity contribution is -0.139.